The molecule has 1 aromatic carbocycles. The Balaban J connectivity index is 1.65. The van der Waals surface area contributed by atoms with Crippen LogP contribution in [0.5, 0.6) is 0 Å². The highest BCUT2D eigenvalue weighted by molar-refractivity contribution is 5.78. The lowest BCUT2D eigenvalue weighted by molar-refractivity contribution is -0.122. The Labute approximate surface area is 121 Å². The number of hydrogen-bond donors (Lipinski definition) is 2. The predicted octanol–water partition coefficient (Wildman–Crippen LogP) is 1.03. The maximum atomic E-state index is 11.9. The van der Waals surface area contributed by atoms with Gasteiger partial charge in [0, 0.05) is 19.1 Å². The van der Waals surface area contributed by atoms with Crippen molar-refractivity contribution < 1.29 is 4.79 Å². The minimum Gasteiger partial charge on any atom is -0.355 e. The highest BCUT2D eigenvalue weighted by Crippen LogP contribution is 2.08. The second-order valence-corrected chi connectivity index (χ2v) is 5.45. The van der Waals surface area contributed by atoms with Crippen LogP contribution in [0.4, 0.5) is 0 Å². The zero-order valence-electron chi connectivity index (χ0n) is 12.3. The van der Waals surface area contributed by atoms with E-state index in [2.05, 4.69) is 27.7 Å². The molecule has 4 nitrogen and oxygen atoms in total. The van der Waals surface area contributed by atoms with Crippen molar-refractivity contribution in [1.29, 1.82) is 0 Å². The number of piperidine rings is 1. The molecule has 1 fully saturated rings. The molecule has 0 bridgehead atoms. The second kappa shape index (κ2) is 8.02. The monoisotopic (exact) mass is 275 g/mol. The predicted molar refractivity (Wildman–Crippen MR) is 81.7 cm³/mol. The second-order valence-electron chi connectivity index (χ2n) is 5.45. The molecule has 20 heavy (non-hydrogen) atoms. The number of carbonyl (C=O) groups excluding carboxylic acids is 1. The molecule has 0 aromatic heterocycles. The molecule has 0 saturated carbocycles. The molecule has 1 aliphatic rings. The van der Waals surface area contributed by atoms with Crippen molar-refractivity contribution in [2.45, 2.75) is 25.3 Å². The van der Waals surface area contributed by atoms with Crippen LogP contribution in [-0.4, -0.2) is 50.1 Å². The Morgan fingerprint density at radius 2 is 2.15 bits per heavy atom. The number of rotatable bonds is 6. The summed E-state index contributed by atoms with van der Waals surface area (Å²) in [6.07, 6.45) is 3.27. The summed E-state index contributed by atoms with van der Waals surface area (Å²) in [7, 11) is 1.99. The van der Waals surface area contributed by atoms with Crippen LogP contribution in [-0.2, 0) is 11.2 Å². The maximum absolute atomic E-state index is 11.9. The summed E-state index contributed by atoms with van der Waals surface area (Å²) in [6, 6.07) is 10.8. The third-order valence-electron chi connectivity index (χ3n) is 3.86. The third-order valence-corrected chi connectivity index (χ3v) is 3.86. The number of benzene rings is 1. The zero-order chi connectivity index (χ0) is 14.2. The molecule has 0 aliphatic carbocycles. The van der Waals surface area contributed by atoms with E-state index in [0.29, 0.717) is 19.1 Å². The van der Waals surface area contributed by atoms with Crippen molar-refractivity contribution >= 4 is 5.91 Å². The Morgan fingerprint density at radius 3 is 2.90 bits per heavy atom. The van der Waals surface area contributed by atoms with Gasteiger partial charge in [-0.3, -0.25) is 9.69 Å². The molecule has 1 amide bonds. The summed E-state index contributed by atoms with van der Waals surface area (Å²) in [6.45, 7) is 3.24. The first kappa shape index (κ1) is 15.0. The lowest BCUT2D eigenvalue weighted by Gasteiger charge is -2.31. The fourth-order valence-electron chi connectivity index (χ4n) is 2.68. The third kappa shape index (κ3) is 4.94. The molecule has 110 valence electrons. The average molecular weight is 275 g/mol. The van der Waals surface area contributed by atoms with Crippen LogP contribution in [0.2, 0.25) is 0 Å². The van der Waals surface area contributed by atoms with E-state index in [1.165, 1.54) is 18.4 Å². The number of likely N-dealkylation sites (tertiary alicyclic amines) is 1. The van der Waals surface area contributed by atoms with Gasteiger partial charge in [-0.2, -0.15) is 0 Å². The fourth-order valence-corrected chi connectivity index (χ4v) is 2.68. The molecule has 1 heterocycles. The highest BCUT2D eigenvalue weighted by Gasteiger charge is 2.19. The van der Waals surface area contributed by atoms with Gasteiger partial charge in [-0.15, -0.1) is 0 Å². The van der Waals surface area contributed by atoms with E-state index in [0.717, 1.165) is 19.5 Å². The van der Waals surface area contributed by atoms with Crippen molar-refractivity contribution in [2.75, 3.05) is 33.2 Å². The first-order valence-corrected chi connectivity index (χ1v) is 7.48. The van der Waals surface area contributed by atoms with Crippen molar-refractivity contribution in [1.82, 2.24) is 15.5 Å². The Hall–Kier alpha value is -1.39. The van der Waals surface area contributed by atoms with Gasteiger partial charge in [0.15, 0.2) is 0 Å². The van der Waals surface area contributed by atoms with Crippen molar-refractivity contribution in [2.24, 2.45) is 0 Å². The van der Waals surface area contributed by atoms with Gasteiger partial charge in [0.25, 0.3) is 0 Å². The fraction of sp³-hybridized carbons (Fsp3) is 0.562. The number of hydrogen-bond acceptors (Lipinski definition) is 3. The first-order chi connectivity index (χ1) is 9.78. The summed E-state index contributed by atoms with van der Waals surface area (Å²) in [4.78, 5) is 14.2. The molecule has 2 rings (SSSR count). The van der Waals surface area contributed by atoms with Crippen LogP contribution < -0.4 is 10.6 Å². The smallest absolute Gasteiger partial charge is 0.234 e. The molecule has 0 spiro atoms. The van der Waals surface area contributed by atoms with E-state index < -0.39 is 0 Å². The van der Waals surface area contributed by atoms with Gasteiger partial charge in [-0.25, -0.2) is 0 Å². The van der Waals surface area contributed by atoms with Crippen molar-refractivity contribution in [3.05, 3.63) is 35.9 Å². The van der Waals surface area contributed by atoms with E-state index in [-0.39, 0.29) is 5.91 Å². The first-order valence-electron chi connectivity index (χ1n) is 7.48. The summed E-state index contributed by atoms with van der Waals surface area (Å²) in [5, 5.41) is 6.31. The van der Waals surface area contributed by atoms with Gasteiger partial charge in [0.05, 0.1) is 6.54 Å². The van der Waals surface area contributed by atoms with E-state index in [1.807, 2.05) is 25.2 Å². The van der Waals surface area contributed by atoms with E-state index in [9.17, 15) is 4.79 Å². The molecule has 4 heteroatoms. The topological polar surface area (TPSA) is 44.4 Å². The molecular formula is C16H25N3O. The van der Waals surface area contributed by atoms with Gasteiger partial charge in [-0.1, -0.05) is 30.3 Å². The van der Waals surface area contributed by atoms with Gasteiger partial charge >= 0.3 is 0 Å². The highest BCUT2D eigenvalue weighted by atomic mass is 16.2. The minimum atomic E-state index is 0.137. The molecule has 0 radical (unpaired) electrons. The normalized spacial score (nSPS) is 19.8. The van der Waals surface area contributed by atoms with Crippen LogP contribution >= 0.6 is 0 Å². The summed E-state index contributed by atoms with van der Waals surface area (Å²) < 4.78 is 0. The molecule has 2 N–H and O–H groups in total. The lowest BCUT2D eigenvalue weighted by Crippen LogP contribution is -2.48. The Bertz CT molecular complexity index is 407. The van der Waals surface area contributed by atoms with Gasteiger partial charge in [-0.05, 0) is 38.4 Å². The number of likely N-dealkylation sites (N-methyl/N-ethyl adjacent to an activating group) is 1. The van der Waals surface area contributed by atoms with Gasteiger partial charge < -0.3 is 10.6 Å². The van der Waals surface area contributed by atoms with Crippen molar-refractivity contribution in [3.8, 4) is 0 Å². The molecule has 1 unspecified atom stereocenters. The SMILES string of the molecule is CNC1CCCN(CC(=O)NCCc2ccccc2)C1. The average Bonchev–Trinajstić information content (AvgIpc) is 2.48. The zero-order valence-corrected chi connectivity index (χ0v) is 12.3. The Kier molecular flexibility index (Phi) is 6.02. The molecular weight excluding hydrogens is 250 g/mol. The van der Waals surface area contributed by atoms with Gasteiger partial charge in [0.2, 0.25) is 5.91 Å². The van der Waals surface area contributed by atoms with E-state index in [1.54, 1.807) is 0 Å². The van der Waals surface area contributed by atoms with E-state index >= 15 is 0 Å². The Morgan fingerprint density at radius 1 is 1.35 bits per heavy atom. The number of amides is 1. The van der Waals surface area contributed by atoms with Crippen molar-refractivity contribution in [3.63, 3.8) is 0 Å². The quantitative estimate of drug-likeness (QED) is 0.815. The van der Waals surface area contributed by atoms with Crippen LogP contribution in [0.25, 0.3) is 0 Å². The molecule has 1 aliphatic heterocycles. The molecule has 1 saturated heterocycles. The summed E-state index contributed by atoms with van der Waals surface area (Å²) in [5.74, 6) is 0.137. The van der Waals surface area contributed by atoms with Crippen LogP contribution in [0, 0.1) is 0 Å². The van der Waals surface area contributed by atoms with Crippen LogP contribution in [0.3, 0.4) is 0 Å². The number of nitrogens with one attached hydrogen (secondary N) is 2. The molecule has 1 atom stereocenters. The minimum absolute atomic E-state index is 0.137. The number of nitrogens with zero attached hydrogens (tertiary/aromatic N) is 1. The standard InChI is InChI=1S/C16H25N3O/c1-17-15-8-5-11-19(12-15)13-16(20)18-10-9-14-6-3-2-4-7-14/h2-4,6-7,15,17H,5,8-13H2,1H3,(H,18,20). The summed E-state index contributed by atoms with van der Waals surface area (Å²) in [5.41, 5.74) is 1.26. The summed E-state index contributed by atoms with van der Waals surface area (Å²) >= 11 is 0. The van der Waals surface area contributed by atoms with Crippen LogP contribution in [0.15, 0.2) is 30.3 Å². The molecule has 1 aromatic rings. The largest absolute Gasteiger partial charge is 0.355 e. The van der Waals surface area contributed by atoms with E-state index in [4.69, 9.17) is 0 Å². The lowest BCUT2D eigenvalue weighted by atomic mass is 10.1. The number of carbonyl (C=O) groups is 1. The van der Waals surface area contributed by atoms with Crippen LogP contribution in [0.1, 0.15) is 18.4 Å². The van der Waals surface area contributed by atoms with Gasteiger partial charge in [0.1, 0.15) is 0 Å². The maximum Gasteiger partial charge on any atom is 0.234 e.